The van der Waals surface area contributed by atoms with Crippen molar-refractivity contribution >= 4 is 5.91 Å². The molecule has 0 radical (unpaired) electrons. The first-order chi connectivity index (χ1) is 14.8. The molecule has 7 nitrogen and oxygen atoms in total. The summed E-state index contributed by atoms with van der Waals surface area (Å²) < 4.78 is 16.1. The quantitative estimate of drug-likeness (QED) is 0.451. The molecule has 0 saturated heterocycles. The summed E-state index contributed by atoms with van der Waals surface area (Å²) in [6.07, 6.45) is 2.17. The summed E-state index contributed by atoms with van der Waals surface area (Å²) in [5, 5.41) is 6.74. The molecule has 7 heteroatoms. The summed E-state index contributed by atoms with van der Waals surface area (Å²) in [5.41, 5.74) is 2.11. The third-order valence-electron chi connectivity index (χ3n) is 4.44. The van der Waals surface area contributed by atoms with Gasteiger partial charge < -0.3 is 19.0 Å². The lowest BCUT2D eigenvalue weighted by molar-refractivity contribution is -0.121. The molecule has 0 aliphatic heterocycles. The summed E-state index contributed by atoms with van der Waals surface area (Å²) in [6, 6.07) is 21.2. The number of furan rings is 1. The fraction of sp³-hybridized carbons (Fsp3) is 0.174. The molecule has 4 rings (SSSR count). The van der Waals surface area contributed by atoms with Crippen LogP contribution in [0.4, 0.5) is 0 Å². The van der Waals surface area contributed by atoms with E-state index >= 15 is 0 Å². The largest absolute Gasteiger partial charge is 0.489 e. The lowest BCUT2D eigenvalue weighted by atomic mass is 10.2. The van der Waals surface area contributed by atoms with E-state index in [0.29, 0.717) is 37.0 Å². The van der Waals surface area contributed by atoms with Gasteiger partial charge in [0.15, 0.2) is 5.76 Å². The van der Waals surface area contributed by atoms with Gasteiger partial charge in [-0.05, 0) is 35.4 Å². The predicted octanol–water partition coefficient (Wildman–Crippen LogP) is 4.16. The van der Waals surface area contributed by atoms with E-state index in [-0.39, 0.29) is 12.3 Å². The van der Waals surface area contributed by atoms with E-state index < -0.39 is 0 Å². The monoisotopic (exact) mass is 403 g/mol. The van der Waals surface area contributed by atoms with Gasteiger partial charge in [0, 0.05) is 19.4 Å². The summed E-state index contributed by atoms with van der Waals surface area (Å²) >= 11 is 0. The molecular formula is C23H21N3O4. The Morgan fingerprint density at radius 1 is 0.967 bits per heavy atom. The zero-order valence-corrected chi connectivity index (χ0v) is 16.3. The highest BCUT2D eigenvalue weighted by Gasteiger charge is 2.12. The van der Waals surface area contributed by atoms with Crippen LogP contribution in [-0.2, 0) is 24.4 Å². The van der Waals surface area contributed by atoms with Gasteiger partial charge in [-0.25, -0.2) is 0 Å². The lowest BCUT2D eigenvalue weighted by Gasteiger charge is -2.08. The highest BCUT2D eigenvalue weighted by molar-refractivity contribution is 5.76. The fourth-order valence-electron chi connectivity index (χ4n) is 2.82. The molecule has 2 aromatic heterocycles. The molecule has 0 fully saturated rings. The lowest BCUT2D eigenvalue weighted by Crippen LogP contribution is -2.23. The average Bonchev–Trinajstić information content (AvgIpc) is 3.48. The molecule has 30 heavy (non-hydrogen) atoms. The standard InChI is InChI=1S/C23H21N3O4/c27-21(12-13-22-25-23(26-30-22)20-7-4-14-28-20)24-15-17-8-10-19(11-9-17)29-16-18-5-2-1-3-6-18/h1-11,14H,12-13,15-16H2,(H,24,27). The number of aryl methyl sites for hydroxylation is 1. The van der Waals surface area contributed by atoms with Crippen molar-refractivity contribution in [3.05, 3.63) is 90.0 Å². The Morgan fingerprint density at radius 2 is 1.80 bits per heavy atom. The number of benzene rings is 2. The third-order valence-corrected chi connectivity index (χ3v) is 4.44. The fourth-order valence-corrected chi connectivity index (χ4v) is 2.82. The first-order valence-electron chi connectivity index (χ1n) is 9.65. The molecule has 0 spiro atoms. The van der Waals surface area contributed by atoms with Crippen LogP contribution in [0.15, 0.2) is 81.9 Å². The second-order valence-corrected chi connectivity index (χ2v) is 6.68. The first kappa shape index (κ1) is 19.4. The zero-order chi connectivity index (χ0) is 20.6. The molecule has 152 valence electrons. The number of rotatable bonds is 9. The van der Waals surface area contributed by atoms with Gasteiger partial charge in [0.1, 0.15) is 12.4 Å². The van der Waals surface area contributed by atoms with Gasteiger partial charge in [0.25, 0.3) is 0 Å². The number of aromatic nitrogens is 2. The van der Waals surface area contributed by atoms with Crippen molar-refractivity contribution in [1.82, 2.24) is 15.5 Å². The van der Waals surface area contributed by atoms with Gasteiger partial charge in [-0.3, -0.25) is 4.79 Å². The predicted molar refractivity (Wildman–Crippen MR) is 109 cm³/mol. The van der Waals surface area contributed by atoms with Gasteiger partial charge in [-0.15, -0.1) is 0 Å². The molecule has 1 amide bonds. The SMILES string of the molecule is O=C(CCc1nc(-c2ccco2)no1)NCc1ccc(OCc2ccccc2)cc1. The van der Waals surface area contributed by atoms with E-state index in [4.69, 9.17) is 13.7 Å². The summed E-state index contributed by atoms with van der Waals surface area (Å²) in [6.45, 7) is 0.966. The molecule has 0 atom stereocenters. The molecule has 0 aliphatic rings. The van der Waals surface area contributed by atoms with Crippen LogP contribution in [0.3, 0.4) is 0 Å². The second kappa shape index (κ2) is 9.56. The average molecular weight is 403 g/mol. The van der Waals surface area contributed by atoms with Crippen LogP contribution >= 0.6 is 0 Å². The van der Waals surface area contributed by atoms with E-state index in [1.165, 1.54) is 0 Å². The number of carbonyl (C=O) groups is 1. The number of amides is 1. The summed E-state index contributed by atoms with van der Waals surface area (Å²) in [7, 11) is 0. The van der Waals surface area contributed by atoms with Gasteiger partial charge in [-0.1, -0.05) is 47.6 Å². The second-order valence-electron chi connectivity index (χ2n) is 6.68. The smallest absolute Gasteiger partial charge is 0.238 e. The van der Waals surface area contributed by atoms with Crippen LogP contribution in [0.25, 0.3) is 11.6 Å². The maximum atomic E-state index is 12.1. The third kappa shape index (κ3) is 5.35. The molecule has 2 heterocycles. The minimum absolute atomic E-state index is 0.0860. The molecule has 2 aromatic carbocycles. The maximum absolute atomic E-state index is 12.1. The Labute approximate surface area is 173 Å². The Kier molecular flexibility index (Phi) is 6.19. The molecular weight excluding hydrogens is 382 g/mol. The van der Waals surface area contributed by atoms with E-state index in [2.05, 4.69) is 15.5 Å². The number of hydrogen-bond acceptors (Lipinski definition) is 6. The van der Waals surface area contributed by atoms with Crippen molar-refractivity contribution in [1.29, 1.82) is 0 Å². The van der Waals surface area contributed by atoms with E-state index in [0.717, 1.165) is 16.9 Å². The topological polar surface area (TPSA) is 90.4 Å². The Morgan fingerprint density at radius 3 is 2.57 bits per heavy atom. The van der Waals surface area contributed by atoms with Crippen LogP contribution in [0, 0.1) is 0 Å². The minimum atomic E-state index is -0.0860. The van der Waals surface area contributed by atoms with Crippen LogP contribution in [0.1, 0.15) is 23.4 Å². The molecule has 0 bridgehead atoms. The summed E-state index contributed by atoms with van der Waals surface area (Å²) in [4.78, 5) is 16.3. The highest BCUT2D eigenvalue weighted by atomic mass is 16.5. The van der Waals surface area contributed by atoms with Gasteiger partial charge >= 0.3 is 0 Å². The van der Waals surface area contributed by atoms with Crippen LogP contribution < -0.4 is 10.1 Å². The molecule has 0 saturated carbocycles. The van der Waals surface area contributed by atoms with E-state index in [1.54, 1.807) is 18.4 Å². The number of nitrogens with zero attached hydrogens (tertiary/aromatic N) is 2. The van der Waals surface area contributed by atoms with Crippen LogP contribution in [0.5, 0.6) is 5.75 Å². The molecule has 4 aromatic rings. The minimum Gasteiger partial charge on any atom is -0.489 e. The Hall–Kier alpha value is -3.87. The molecule has 0 unspecified atom stereocenters. The normalized spacial score (nSPS) is 10.7. The van der Waals surface area contributed by atoms with Crippen molar-refractivity contribution in [2.24, 2.45) is 0 Å². The number of hydrogen-bond donors (Lipinski definition) is 1. The molecule has 1 N–H and O–H groups in total. The Balaban J connectivity index is 1.19. The van der Waals surface area contributed by atoms with Gasteiger partial charge in [0.2, 0.25) is 17.6 Å². The molecule has 0 aliphatic carbocycles. The number of carbonyl (C=O) groups excluding carboxylic acids is 1. The van der Waals surface area contributed by atoms with Crippen molar-refractivity contribution in [2.45, 2.75) is 26.0 Å². The van der Waals surface area contributed by atoms with Crippen LogP contribution in [-0.4, -0.2) is 16.0 Å². The van der Waals surface area contributed by atoms with Crippen molar-refractivity contribution in [3.8, 4) is 17.3 Å². The van der Waals surface area contributed by atoms with Gasteiger partial charge in [0.05, 0.1) is 6.26 Å². The van der Waals surface area contributed by atoms with Crippen LogP contribution in [0.2, 0.25) is 0 Å². The van der Waals surface area contributed by atoms with E-state index in [9.17, 15) is 4.79 Å². The Bertz CT molecular complexity index is 1060. The van der Waals surface area contributed by atoms with Crippen molar-refractivity contribution in [2.75, 3.05) is 0 Å². The maximum Gasteiger partial charge on any atom is 0.238 e. The summed E-state index contributed by atoms with van der Waals surface area (Å²) in [5.74, 6) is 2.02. The first-order valence-corrected chi connectivity index (χ1v) is 9.65. The number of nitrogens with one attached hydrogen (secondary N) is 1. The highest BCUT2D eigenvalue weighted by Crippen LogP contribution is 2.16. The van der Waals surface area contributed by atoms with Gasteiger partial charge in [-0.2, -0.15) is 4.98 Å². The number of ether oxygens (including phenoxy) is 1. The van der Waals surface area contributed by atoms with E-state index in [1.807, 2.05) is 54.6 Å². The van der Waals surface area contributed by atoms with Crippen molar-refractivity contribution < 1.29 is 18.5 Å². The zero-order valence-electron chi connectivity index (χ0n) is 16.3. The van der Waals surface area contributed by atoms with Crippen molar-refractivity contribution in [3.63, 3.8) is 0 Å².